The number of hydrogen-bond acceptors (Lipinski definition) is 3. The molecule has 0 fully saturated rings. The zero-order valence-corrected chi connectivity index (χ0v) is 10.6. The van der Waals surface area contributed by atoms with Gasteiger partial charge in [-0.2, -0.15) is 0 Å². The molecule has 0 aliphatic heterocycles. The number of nitrogens with one attached hydrogen (secondary N) is 1. The van der Waals surface area contributed by atoms with Gasteiger partial charge in [-0.1, -0.05) is 13.8 Å². The van der Waals surface area contributed by atoms with Crippen molar-refractivity contribution in [2.45, 2.75) is 33.6 Å². The van der Waals surface area contributed by atoms with Crippen molar-refractivity contribution in [1.82, 2.24) is 5.32 Å². The van der Waals surface area contributed by atoms with Crippen LogP contribution in [0.3, 0.4) is 0 Å². The molecular weight excluding hydrogens is 190 g/mol. The van der Waals surface area contributed by atoms with E-state index >= 15 is 0 Å². The predicted molar refractivity (Wildman–Crippen MR) is 64.3 cm³/mol. The number of ether oxygens (including phenoxy) is 2. The third kappa shape index (κ3) is 13.9. The molecular formula is C12H27NO2. The lowest BCUT2D eigenvalue weighted by Gasteiger charge is -2.07. The number of rotatable bonds is 11. The molecule has 0 radical (unpaired) electrons. The Bertz CT molecular complexity index is 118. The van der Waals surface area contributed by atoms with Gasteiger partial charge in [0.1, 0.15) is 0 Å². The zero-order valence-electron chi connectivity index (χ0n) is 10.6. The highest BCUT2D eigenvalue weighted by Gasteiger charge is 1.93. The monoisotopic (exact) mass is 217 g/mol. The van der Waals surface area contributed by atoms with E-state index in [0.29, 0.717) is 5.92 Å². The Hall–Kier alpha value is -0.120. The first-order chi connectivity index (χ1) is 7.27. The fourth-order valence-electron chi connectivity index (χ4n) is 1.19. The molecule has 0 aliphatic carbocycles. The van der Waals surface area contributed by atoms with Crippen molar-refractivity contribution in [3.63, 3.8) is 0 Å². The summed E-state index contributed by atoms with van der Waals surface area (Å²) in [7, 11) is 0. The summed E-state index contributed by atoms with van der Waals surface area (Å²) in [6, 6.07) is 0. The molecule has 0 spiro atoms. The van der Waals surface area contributed by atoms with Crippen LogP contribution >= 0.6 is 0 Å². The van der Waals surface area contributed by atoms with Gasteiger partial charge >= 0.3 is 0 Å². The summed E-state index contributed by atoms with van der Waals surface area (Å²) in [5, 5.41) is 3.37. The van der Waals surface area contributed by atoms with Crippen molar-refractivity contribution < 1.29 is 9.47 Å². The normalized spacial score (nSPS) is 11.2. The molecule has 1 N–H and O–H groups in total. The Morgan fingerprint density at radius 2 is 1.60 bits per heavy atom. The molecule has 0 rings (SSSR count). The third-order valence-corrected chi connectivity index (χ3v) is 1.94. The van der Waals surface area contributed by atoms with Gasteiger partial charge in [-0.25, -0.2) is 0 Å². The average Bonchev–Trinajstić information content (AvgIpc) is 2.20. The SMILES string of the molecule is CCOCCCNCCCOCC(C)C. The molecule has 92 valence electrons. The van der Waals surface area contributed by atoms with Gasteiger partial charge in [0.05, 0.1) is 0 Å². The first kappa shape index (κ1) is 14.9. The van der Waals surface area contributed by atoms with Gasteiger partial charge in [-0.15, -0.1) is 0 Å². The van der Waals surface area contributed by atoms with Crippen LogP contribution in [-0.4, -0.2) is 39.5 Å². The van der Waals surface area contributed by atoms with Gasteiger partial charge in [0.15, 0.2) is 0 Å². The molecule has 0 saturated heterocycles. The van der Waals surface area contributed by atoms with E-state index in [1.165, 1.54) is 0 Å². The van der Waals surface area contributed by atoms with Crippen molar-refractivity contribution in [3.8, 4) is 0 Å². The molecule has 0 saturated carbocycles. The molecule has 0 aromatic rings. The van der Waals surface area contributed by atoms with E-state index in [-0.39, 0.29) is 0 Å². The Kier molecular flexibility index (Phi) is 11.9. The van der Waals surface area contributed by atoms with Gasteiger partial charge in [0, 0.05) is 26.4 Å². The highest BCUT2D eigenvalue weighted by atomic mass is 16.5. The maximum atomic E-state index is 5.48. The fourth-order valence-corrected chi connectivity index (χ4v) is 1.19. The van der Waals surface area contributed by atoms with E-state index in [2.05, 4.69) is 19.2 Å². The molecule has 0 aromatic heterocycles. The highest BCUT2D eigenvalue weighted by molar-refractivity contribution is 4.48. The second-order valence-electron chi connectivity index (χ2n) is 4.12. The quantitative estimate of drug-likeness (QED) is 0.537. The second kappa shape index (κ2) is 12.0. The summed E-state index contributed by atoms with van der Waals surface area (Å²) in [6.07, 6.45) is 2.20. The van der Waals surface area contributed by atoms with Crippen LogP contribution in [0, 0.1) is 5.92 Å². The summed E-state index contributed by atoms with van der Waals surface area (Å²) < 4.78 is 10.7. The summed E-state index contributed by atoms with van der Waals surface area (Å²) >= 11 is 0. The lowest BCUT2D eigenvalue weighted by atomic mass is 10.2. The summed E-state index contributed by atoms with van der Waals surface area (Å²) in [6.45, 7) is 11.9. The van der Waals surface area contributed by atoms with Crippen LogP contribution in [0.1, 0.15) is 33.6 Å². The summed E-state index contributed by atoms with van der Waals surface area (Å²) in [5.41, 5.74) is 0. The van der Waals surface area contributed by atoms with Crippen molar-refractivity contribution >= 4 is 0 Å². The van der Waals surface area contributed by atoms with Crippen LogP contribution in [0.4, 0.5) is 0 Å². The van der Waals surface area contributed by atoms with Crippen LogP contribution < -0.4 is 5.32 Å². The first-order valence-corrected chi connectivity index (χ1v) is 6.13. The fraction of sp³-hybridized carbons (Fsp3) is 1.00. The predicted octanol–water partition coefficient (Wildman–Crippen LogP) is 2.07. The van der Waals surface area contributed by atoms with Gasteiger partial charge in [0.2, 0.25) is 0 Å². The molecule has 0 aromatic carbocycles. The van der Waals surface area contributed by atoms with E-state index in [9.17, 15) is 0 Å². The standard InChI is InChI=1S/C12H27NO2/c1-4-14-9-5-7-13-8-6-10-15-11-12(2)3/h12-13H,4-11H2,1-3H3. The molecule has 0 bridgehead atoms. The van der Waals surface area contributed by atoms with E-state index in [0.717, 1.165) is 52.4 Å². The van der Waals surface area contributed by atoms with Crippen LogP contribution in [0.2, 0.25) is 0 Å². The van der Waals surface area contributed by atoms with E-state index in [1.807, 2.05) is 6.92 Å². The van der Waals surface area contributed by atoms with Crippen LogP contribution in [-0.2, 0) is 9.47 Å². The van der Waals surface area contributed by atoms with Crippen molar-refractivity contribution in [1.29, 1.82) is 0 Å². The van der Waals surface area contributed by atoms with Crippen molar-refractivity contribution in [2.24, 2.45) is 5.92 Å². The lowest BCUT2D eigenvalue weighted by Crippen LogP contribution is -2.19. The number of hydrogen-bond donors (Lipinski definition) is 1. The minimum absolute atomic E-state index is 0.643. The van der Waals surface area contributed by atoms with Gasteiger partial charge in [-0.3, -0.25) is 0 Å². The van der Waals surface area contributed by atoms with E-state index in [1.54, 1.807) is 0 Å². The maximum Gasteiger partial charge on any atom is 0.0489 e. The molecule has 0 amide bonds. The van der Waals surface area contributed by atoms with Crippen molar-refractivity contribution in [3.05, 3.63) is 0 Å². The largest absolute Gasteiger partial charge is 0.382 e. The van der Waals surface area contributed by atoms with Gasteiger partial charge < -0.3 is 14.8 Å². The minimum atomic E-state index is 0.643. The molecule has 3 heteroatoms. The lowest BCUT2D eigenvalue weighted by molar-refractivity contribution is 0.107. The van der Waals surface area contributed by atoms with Crippen LogP contribution in [0.25, 0.3) is 0 Å². The Balaban J connectivity index is 2.87. The van der Waals surface area contributed by atoms with Gasteiger partial charge in [0.25, 0.3) is 0 Å². The highest BCUT2D eigenvalue weighted by Crippen LogP contribution is 1.92. The summed E-state index contributed by atoms with van der Waals surface area (Å²) in [5.74, 6) is 0.643. The zero-order chi connectivity index (χ0) is 11.4. The van der Waals surface area contributed by atoms with Gasteiger partial charge in [-0.05, 0) is 38.8 Å². The average molecular weight is 217 g/mol. The Labute approximate surface area is 94.5 Å². The minimum Gasteiger partial charge on any atom is -0.382 e. The first-order valence-electron chi connectivity index (χ1n) is 6.13. The van der Waals surface area contributed by atoms with E-state index < -0.39 is 0 Å². The van der Waals surface area contributed by atoms with Crippen LogP contribution in [0.15, 0.2) is 0 Å². The Morgan fingerprint density at radius 3 is 2.13 bits per heavy atom. The molecule has 0 unspecified atom stereocenters. The molecule has 0 atom stereocenters. The van der Waals surface area contributed by atoms with E-state index in [4.69, 9.17) is 9.47 Å². The molecule has 15 heavy (non-hydrogen) atoms. The summed E-state index contributed by atoms with van der Waals surface area (Å²) in [4.78, 5) is 0. The smallest absolute Gasteiger partial charge is 0.0489 e. The third-order valence-electron chi connectivity index (χ3n) is 1.94. The molecule has 0 heterocycles. The molecule has 0 aliphatic rings. The topological polar surface area (TPSA) is 30.5 Å². The van der Waals surface area contributed by atoms with Crippen molar-refractivity contribution in [2.75, 3.05) is 39.5 Å². The molecule has 3 nitrogen and oxygen atoms in total. The van der Waals surface area contributed by atoms with Crippen LogP contribution in [0.5, 0.6) is 0 Å². The second-order valence-corrected chi connectivity index (χ2v) is 4.12. The Morgan fingerprint density at radius 1 is 1.00 bits per heavy atom. The maximum absolute atomic E-state index is 5.48.